The molecule has 0 atom stereocenters. The second-order valence-electron chi connectivity index (χ2n) is 7.10. The molecule has 0 bridgehead atoms. The molecule has 0 radical (unpaired) electrons. The summed E-state index contributed by atoms with van der Waals surface area (Å²) in [5, 5.41) is 0. The maximum absolute atomic E-state index is 13.3. The number of nitrogens with zero attached hydrogens (tertiary/aromatic N) is 3. The van der Waals surface area contributed by atoms with Crippen LogP contribution < -0.4 is 15.2 Å². The molecule has 0 saturated carbocycles. The highest BCUT2D eigenvalue weighted by molar-refractivity contribution is 8.27. The zero-order valence-corrected chi connectivity index (χ0v) is 19.3. The predicted molar refractivity (Wildman–Crippen MR) is 134 cm³/mol. The second-order valence-corrected chi connectivity index (χ2v) is 8.77. The second kappa shape index (κ2) is 9.02. The molecule has 2 heterocycles. The number of carbonyl (C=O) groups is 1. The Morgan fingerprint density at radius 2 is 1.78 bits per heavy atom. The van der Waals surface area contributed by atoms with E-state index in [4.69, 9.17) is 17.0 Å². The van der Waals surface area contributed by atoms with Crippen LogP contribution in [0.3, 0.4) is 0 Å². The van der Waals surface area contributed by atoms with Crippen LogP contribution in [0, 0.1) is 6.92 Å². The Morgan fingerprint density at radius 3 is 2.44 bits per heavy atom. The molecule has 1 aliphatic rings. The minimum atomic E-state index is -0.307. The Morgan fingerprint density at radius 1 is 1.09 bits per heavy atom. The Labute approximate surface area is 195 Å². The van der Waals surface area contributed by atoms with Gasteiger partial charge in [0.15, 0.2) is 4.32 Å². The van der Waals surface area contributed by atoms with Crippen molar-refractivity contribution in [2.24, 2.45) is 7.05 Å². The van der Waals surface area contributed by atoms with Crippen molar-refractivity contribution in [1.29, 1.82) is 0 Å². The van der Waals surface area contributed by atoms with Gasteiger partial charge in [0, 0.05) is 7.05 Å². The van der Waals surface area contributed by atoms with Crippen molar-refractivity contribution in [3.63, 3.8) is 0 Å². The first-order valence-electron chi connectivity index (χ1n) is 9.88. The number of ether oxygens (including phenoxy) is 1. The van der Waals surface area contributed by atoms with E-state index in [1.165, 1.54) is 21.3 Å². The van der Waals surface area contributed by atoms with Crippen LogP contribution >= 0.6 is 24.0 Å². The Kier molecular flexibility index (Phi) is 6.16. The molecule has 4 rings (SSSR count). The van der Waals surface area contributed by atoms with Crippen LogP contribution in [0.1, 0.15) is 11.3 Å². The third-order valence-corrected chi connectivity index (χ3v) is 6.39. The first-order chi connectivity index (χ1) is 15.4. The molecule has 0 aliphatic carbocycles. The number of benzene rings is 2. The van der Waals surface area contributed by atoms with E-state index in [2.05, 4.69) is 6.58 Å². The standard InChI is InChI=1S/C24H21N3O3S2/c1-4-14-30-19-12-10-17(11-13-19)15-20-22(28)26(24(31)32-20)21-16(2)25(3)27(23(21)29)18-8-6-5-7-9-18/h4-13,15H,1,14H2,2-3H3. The number of thioether (sulfide) groups is 1. The molecule has 6 nitrogen and oxygen atoms in total. The summed E-state index contributed by atoms with van der Waals surface area (Å²) >= 11 is 6.68. The largest absolute Gasteiger partial charge is 0.490 e. The molecule has 32 heavy (non-hydrogen) atoms. The zero-order chi connectivity index (χ0) is 22.8. The van der Waals surface area contributed by atoms with Crippen molar-refractivity contribution >= 4 is 46.0 Å². The van der Waals surface area contributed by atoms with Crippen LogP contribution in [-0.2, 0) is 11.8 Å². The lowest BCUT2D eigenvalue weighted by Crippen LogP contribution is -2.33. The van der Waals surface area contributed by atoms with E-state index in [1.54, 1.807) is 30.8 Å². The minimum absolute atomic E-state index is 0.274. The SMILES string of the molecule is C=CCOc1ccc(C=C2SC(=S)N(c3c(C)n(C)n(-c4ccccc4)c3=O)C2=O)cc1. The lowest BCUT2D eigenvalue weighted by molar-refractivity contribution is -0.113. The van der Waals surface area contributed by atoms with Crippen LogP contribution in [0.25, 0.3) is 11.8 Å². The van der Waals surface area contributed by atoms with Gasteiger partial charge in [-0.2, -0.15) is 0 Å². The Balaban J connectivity index is 1.68. The van der Waals surface area contributed by atoms with E-state index in [9.17, 15) is 9.59 Å². The number of rotatable bonds is 6. The van der Waals surface area contributed by atoms with Crippen LogP contribution in [0.15, 0.2) is 77.0 Å². The van der Waals surface area contributed by atoms with Crippen molar-refractivity contribution < 1.29 is 9.53 Å². The Bertz CT molecular complexity index is 1290. The fourth-order valence-corrected chi connectivity index (χ4v) is 4.71. The normalized spacial score (nSPS) is 14.9. The maximum Gasteiger partial charge on any atom is 0.296 e. The summed E-state index contributed by atoms with van der Waals surface area (Å²) < 4.78 is 9.09. The summed E-state index contributed by atoms with van der Waals surface area (Å²) in [5.74, 6) is 0.411. The molecule has 8 heteroatoms. The monoisotopic (exact) mass is 463 g/mol. The molecule has 1 aliphatic heterocycles. The molecule has 1 saturated heterocycles. The highest BCUT2D eigenvalue weighted by Gasteiger charge is 2.37. The fourth-order valence-electron chi connectivity index (χ4n) is 3.44. The van der Waals surface area contributed by atoms with E-state index in [-0.39, 0.29) is 17.2 Å². The quantitative estimate of drug-likeness (QED) is 0.307. The summed E-state index contributed by atoms with van der Waals surface area (Å²) in [5.41, 5.74) is 2.19. The number of hydrogen-bond acceptors (Lipinski definition) is 5. The lowest BCUT2D eigenvalue weighted by atomic mass is 10.2. The number of anilines is 1. The summed E-state index contributed by atoms with van der Waals surface area (Å²) in [6, 6.07) is 16.7. The van der Waals surface area contributed by atoms with Gasteiger partial charge in [-0.25, -0.2) is 4.68 Å². The number of thiocarbonyl (C=S) groups is 1. The van der Waals surface area contributed by atoms with Gasteiger partial charge in [-0.1, -0.05) is 67.0 Å². The van der Waals surface area contributed by atoms with Crippen LogP contribution in [0.2, 0.25) is 0 Å². The topological polar surface area (TPSA) is 56.5 Å². The van der Waals surface area contributed by atoms with Gasteiger partial charge in [-0.3, -0.25) is 19.2 Å². The first kappa shape index (κ1) is 21.9. The number of hydrogen-bond donors (Lipinski definition) is 0. The van der Waals surface area contributed by atoms with Crippen LogP contribution in [0.4, 0.5) is 5.69 Å². The third-order valence-electron chi connectivity index (χ3n) is 5.09. The van der Waals surface area contributed by atoms with E-state index < -0.39 is 0 Å². The number of para-hydroxylation sites is 1. The molecule has 1 amide bonds. The van der Waals surface area contributed by atoms with Crippen molar-refractivity contribution in [3.05, 3.63) is 93.8 Å². The van der Waals surface area contributed by atoms with E-state index >= 15 is 0 Å². The van der Waals surface area contributed by atoms with Crippen molar-refractivity contribution in [1.82, 2.24) is 9.36 Å². The van der Waals surface area contributed by atoms with Crippen LogP contribution in [-0.4, -0.2) is 26.2 Å². The Hall–Kier alpha value is -3.36. The molecule has 0 unspecified atom stereocenters. The lowest BCUT2D eigenvalue weighted by Gasteiger charge is -2.12. The molecule has 3 aromatic rings. The van der Waals surface area contributed by atoms with Gasteiger partial charge in [-0.15, -0.1) is 0 Å². The summed E-state index contributed by atoms with van der Waals surface area (Å²) in [4.78, 5) is 28.4. The smallest absolute Gasteiger partial charge is 0.296 e. The van der Waals surface area contributed by atoms with Gasteiger partial charge in [0.2, 0.25) is 0 Å². The van der Waals surface area contributed by atoms with Crippen molar-refractivity contribution in [3.8, 4) is 11.4 Å². The zero-order valence-electron chi connectivity index (χ0n) is 17.6. The van der Waals surface area contributed by atoms with Crippen molar-refractivity contribution in [2.45, 2.75) is 6.92 Å². The molecular formula is C24H21N3O3S2. The van der Waals surface area contributed by atoms with E-state index in [1.807, 2.05) is 54.6 Å². The van der Waals surface area contributed by atoms with Crippen LogP contribution in [0.5, 0.6) is 5.75 Å². The maximum atomic E-state index is 13.3. The first-order valence-corrected chi connectivity index (χ1v) is 11.1. The highest BCUT2D eigenvalue weighted by atomic mass is 32.2. The van der Waals surface area contributed by atoms with Gasteiger partial charge < -0.3 is 4.74 Å². The molecular weight excluding hydrogens is 442 g/mol. The van der Waals surface area contributed by atoms with Gasteiger partial charge in [0.05, 0.1) is 16.3 Å². The predicted octanol–water partition coefficient (Wildman–Crippen LogP) is 4.46. The molecule has 0 N–H and O–H groups in total. The molecule has 1 fully saturated rings. The third kappa shape index (κ3) is 3.94. The number of aromatic nitrogens is 2. The van der Waals surface area contributed by atoms with E-state index in [0.29, 0.717) is 27.2 Å². The summed E-state index contributed by atoms with van der Waals surface area (Å²) in [6.45, 7) is 5.86. The van der Waals surface area contributed by atoms with E-state index in [0.717, 1.165) is 11.3 Å². The average Bonchev–Trinajstić information content (AvgIpc) is 3.19. The molecule has 2 aromatic carbocycles. The van der Waals surface area contributed by atoms with Gasteiger partial charge in [-0.05, 0) is 42.8 Å². The average molecular weight is 464 g/mol. The van der Waals surface area contributed by atoms with Gasteiger partial charge in [0.1, 0.15) is 18.0 Å². The van der Waals surface area contributed by atoms with Crippen molar-refractivity contribution in [2.75, 3.05) is 11.5 Å². The summed E-state index contributed by atoms with van der Waals surface area (Å²) in [6.07, 6.45) is 3.45. The van der Waals surface area contributed by atoms with Gasteiger partial charge >= 0.3 is 0 Å². The molecule has 0 spiro atoms. The minimum Gasteiger partial charge on any atom is -0.490 e. The van der Waals surface area contributed by atoms with Gasteiger partial charge in [0.25, 0.3) is 11.5 Å². The molecule has 162 valence electrons. The highest BCUT2D eigenvalue weighted by Crippen LogP contribution is 2.36. The summed E-state index contributed by atoms with van der Waals surface area (Å²) in [7, 11) is 1.79. The molecule has 1 aromatic heterocycles. The fraction of sp³-hybridized carbons (Fsp3) is 0.125. The number of carbonyl (C=O) groups excluding carboxylic acids is 1. The number of amides is 1.